The third-order valence-electron chi connectivity index (χ3n) is 5.26. The lowest BCUT2D eigenvalue weighted by Crippen LogP contribution is -2.44. The van der Waals surface area contributed by atoms with Crippen LogP contribution in [-0.4, -0.2) is 71.2 Å². The third-order valence-corrected chi connectivity index (χ3v) is 5.26. The van der Waals surface area contributed by atoms with Crippen molar-refractivity contribution in [2.75, 3.05) is 43.4 Å². The minimum Gasteiger partial charge on any atom is -0.444 e. The minimum atomic E-state index is -0.498. The molecule has 2 heterocycles. The number of hydrogen-bond donors (Lipinski definition) is 3. The SMILES string of the molecule is CC(C)(C)OC(=O)N1CCCC(CNc2ccc(NC3=CC(=O)N(CCO)C3=O)cc2)C1. The van der Waals surface area contributed by atoms with Crippen molar-refractivity contribution >= 4 is 29.3 Å². The summed E-state index contributed by atoms with van der Waals surface area (Å²) in [6, 6.07) is 7.43. The highest BCUT2D eigenvalue weighted by Crippen LogP contribution is 2.22. The Kier molecular flexibility index (Phi) is 7.40. The van der Waals surface area contributed by atoms with Gasteiger partial charge < -0.3 is 25.4 Å². The molecule has 0 radical (unpaired) electrons. The Morgan fingerprint density at radius 2 is 1.88 bits per heavy atom. The number of amides is 3. The molecule has 9 heteroatoms. The maximum atomic E-state index is 12.3. The molecule has 0 bridgehead atoms. The van der Waals surface area contributed by atoms with Crippen LogP contribution in [-0.2, 0) is 14.3 Å². The van der Waals surface area contributed by atoms with Crippen molar-refractivity contribution < 1.29 is 24.2 Å². The fraction of sp³-hybridized carbons (Fsp3) is 0.522. The van der Waals surface area contributed by atoms with Crippen LogP contribution in [0.25, 0.3) is 0 Å². The molecule has 2 aliphatic rings. The average molecular weight is 445 g/mol. The van der Waals surface area contributed by atoms with Crippen molar-refractivity contribution in [3.05, 3.63) is 36.0 Å². The Morgan fingerprint density at radius 3 is 2.53 bits per heavy atom. The molecule has 3 N–H and O–H groups in total. The summed E-state index contributed by atoms with van der Waals surface area (Å²) in [6.07, 6.45) is 2.97. The van der Waals surface area contributed by atoms with Gasteiger partial charge in [-0.25, -0.2) is 4.79 Å². The maximum absolute atomic E-state index is 12.3. The molecule has 3 amide bonds. The molecule has 9 nitrogen and oxygen atoms in total. The molecule has 0 aromatic heterocycles. The molecular weight excluding hydrogens is 412 g/mol. The number of carbonyl (C=O) groups is 3. The summed E-state index contributed by atoms with van der Waals surface area (Å²) in [5, 5.41) is 15.3. The Morgan fingerprint density at radius 1 is 1.19 bits per heavy atom. The molecule has 1 saturated heterocycles. The molecule has 1 unspecified atom stereocenters. The van der Waals surface area contributed by atoms with Gasteiger partial charge in [-0.1, -0.05) is 0 Å². The average Bonchev–Trinajstić information content (AvgIpc) is 3.00. The standard InChI is InChI=1S/C23H32N4O5/c1-23(2,3)32-22(31)26-10-4-5-16(15-26)14-24-17-6-8-18(9-7-17)25-19-13-20(29)27(11-12-28)21(19)30/h6-9,13,16,24-25,28H,4-5,10-12,14-15H2,1-3H3. The zero-order chi connectivity index (χ0) is 23.3. The molecule has 32 heavy (non-hydrogen) atoms. The van der Waals surface area contributed by atoms with E-state index < -0.39 is 17.4 Å². The van der Waals surface area contributed by atoms with Gasteiger partial charge in [0.15, 0.2) is 0 Å². The summed E-state index contributed by atoms with van der Waals surface area (Å²) in [4.78, 5) is 39.2. The van der Waals surface area contributed by atoms with Crippen molar-refractivity contribution in [3.8, 4) is 0 Å². The first-order valence-corrected chi connectivity index (χ1v) is 10.9. The number of nitrogens with zero attached hydrogens (tertiary/aromatic N) is 2. The maximum Gasteiger partial charge on any atom is 0.410 e. The molecule has 1 aromatic carbocycles. The molecule has 1 aromatic rings. The third kappa shape index (κ3) is 6.23. The first kappa shape index (κ1) is 23.6. The number of rotatable bonds is 7. The monoisotopic (exact) mass is 444 g/mol. The van der Waals surface area contributed by atoms with Gasteiger partial charge in [0.05, 0.1) is 13.2 Å². The molecule has 174 valence electrons. The van der Waals surface area contributed by atoms with Crippen molar-refractivity contribution in [3.63, 3.8) is 0 Å². The van der Waals surface area contributed by atoms with E-state index >= 15 is 0 Å². The lowest BCUT2D eigenvalue weighted by atomic mass is 9.98. The van der Waals surface area contributed by atoms with Crippen molar-refractivity contribution in [2.24, 2.45) is 5.92 Å². The van der Waals surface area contributed by atoms with E-state index in [0.29, 0.717) is 18.2 Å². The van der Waals surface area contributed by atoms with E-state index in [0.717, 1.165) is 36.5 Å². The van der Waals surface area contributed by atoms with E-state index in [9.17, 15) is 14.4 Å². The largest absolute Gasteiger partial charge is 0.444 e. The Hall–Kier alpha value is -3.07. The molecular formula is C23H32N4O5. The smallest absolute Gasteiger partial charge is 0.410 e. The number of piperidine rings is 1. The zero-order valence-electron chi connectivity index (χ0n) is 18.9. The summed E-state index contributed by atoms with van der Waals surface area (Å²) < 4.78 is 5.49. The van der Waals surface area contributed by atoms with Gasteiger partial charge in [-0.05, 0) is 63.8 Å². The second kappa shape index (κ2) is 10.0. The molecule has 1 fully saturated rings. The molecule has 2 aliphatic heterocycles. The van der Waals surface area contributed by atoms with Gasteiger partial charge in [0.1, 0.15) is 11.3 Å². The lowest BCUT2D eigenvalue weighted by Gasteiger charge is -2.34. The van der Waals surface area contributed by atoms with Crippen molar-refractivity contribution in [2.45, 2.75) is 39.2 Å². The van der Waals surface area contributed by atoms with Crippen molar-refractivity contribution in [1.29, 1.82) is 0 Å². The predicted molar refractivity (Wildman–Crippen MR) is 121 cm³/mol. The van der Waals surface area contributed by atoms with Gasteiger partial charge in [-0.15, -0.1) is 0 Å². The number of ether oxygens (including phenoxy) is 1. The number of aliphatic hydroxyl groups excluding tert-OH is 1. The highest BCUT2D eigenvalue weighted by atomic mass is 16.6. The number of benzene rings is 1. The fourth-order valence-corrected chi connectivity index (χ4v) is 3.72. The number of anilines is 2. The van der Waals surface area contributed by atoms with Crippen LogP contribution < -0.4 is 10.6 Å². The second-order valence-corrected chi connectivity index (χ2v) is 9.09. The molecule has 0 aliphatic carbocycles. The summed E-state index contributed by atoms with van der Waals surface area (Å²) in [5.74, 6) is -0.547. The number of nitrogens with one attached hydrogen (secondary N) is 2. The zero-order valence-corrected chi connectivity index (χ0v) is 18.9. The van der Waals surface area contributed by atoms with Crippen LogP contribution in [0.1, 0.15) is 33.6 Å². The normalized spacial score (nSPS) is 19.1. The van der Waals surface area contributed by atoms with E-state index in [1.54, 1.807) is 4.90 Å². The van der Waals surface area contributed by atoms with Crippen molar-refractivity contribution in [1.82, 2.24) is 9.80 Å². The quantitative estimate of drug-likeness (QED) is 0.554. The minimum absolute atomic E-state index is 0.0191. The van der Waals surface area contributed by atoms with Gasteiger partial charge in [0, 0.05) is 37.1 Å². The first-order valence-electron chi connectivity index (χ1n) is 10.9. The van der Waals surface area contributed by atoms with Gasteiger partial charge in [-0.2, -0.15) is 0 Å². The van der Waals surface area contributed by atoms with E-state index in [1.165, 1.54) is 6.08 Å². The fourth-order valence-electron chi connectivity index (χ4n) is 3.72. The predicted octanol–water partition coefficient (Wildman–Crippen LogP) is 2.40. The number of hydrogen-bond acceptors (Lipinski definition) is 7. The van der Waals surface area contributed by atoms with Crippen LogP contribution in [0.2, 0.25) is 0 Å². The summed E-state index contributed by atoms with van der Waals surface area (Å²) in [7, 11) is 0. The van der Waals surface area contributed by atoms with Gasteiger partial charge >= 0.3 is 6.09 Å². The highest BCUT2D eigenvalue weighted by Gasteiger charge is 2.30. The Balaban J connectivity index is 1.49. The van der Waals surface area contributed by atoms with Crippen LogP contribution in [0.3, 0.4) is 0 Å². The molecule has 1 atom stereocenters. The van der Waals surface area contributed by atoms with Crippen LogP contribution in [0.4, 0.5) is 16.2 Å². The molecule has 3 rings (SSSR count). The Labute approximate surface area is 188 Å². The lowest BCUT2D eigenvalue weighted by molar-refractivity contribution is -0.137. The van der Waals surface area contributed by atoms with Gasteiger partial charge in [0.25, 0.3) is 11.8 Å². The summed E-state index contributed by atoms with van der Waals surface area (Å²) in [6.45, 7) is 7.44. The highest BCUT2D eigenvalue weighted by molar-refractivity contribution is 6.17. The summed E-state index contributed by atoms with van der Waals surface area (Å²) >= 11 is 0. The summed E-state index contributed by atoms with van der Waals surface area (Å²) in [5.41, 5.74) is 1.30. The van der Waals surface area contributed by atoms with Crippen LogP contribution in [0, 0.1) is 5.92 Å². The van der Waals surface area contributed by atoms with E-state index in [4.69, 9.17) is 9.84 Å². The number of β-amino-alcohol motifs (C(OH)–C–C–N with tert-alkyl or cyclic N) is 1. The molecule has 0 spiro atoms. The first-order chi connectivity index (χ1) is 15.2. The van der Waals surface area contributed by atoms with Crippen LogP contribution >= 0.6 is 0 Å². The van der Waals surface area contributed by atoms with Crippen LogP contribution in [0.5, 0.6) is 0 Å². The molecule has 0 saturated carbocycles. The number of imide groups is 1. The van der Waals surface area contributed by atoms with E-state index in [1.807, 2.05) is 45.0 Å². The van der Waals surface area contributed by atoms with Gasteiger partial charge in [0.2, 0.25) is 0 Å². The topological polar surface area (TPSA) is 111 Å². The number of aliphatic hydroxyl groups is 1. The van der Waals surface area contributed by atoms with E-state index in [2.05, 4.69) is 10.6 Å². The van der Waals surface area contributed by atoms with E-state index in [-0.39, 0.29) is 24.9 Å². The van der Waals surface area contributed by atoms with Crippen LogP contribution in [0.15, 0.2) is 36.0 Å². The number of carbonyl (C=O) groups excluding carboxylic acids is 3. The number of likely N-dealkylation sites (tertiary alicyclic amines) is 1. The van der Waals surface area contributed by atoms with Gasteiger partial charge in [-0.3, -0.25) is 14.5 Å². The Bertz CT molecular complexity index is 875. The second-order valence-electron chi connectivity index (χ2n) is 9.09.